The van der Waals surface area contributed by atoms with Crippen LogP contribution in [0.1, 0.15) is 34.3 Å². The molecule has 2 aliphatic heterocycles. The van der Waals surface area contributed by atoms with Gasteiger partial charge in [-0.05, 0) is 61.3 Å². The summed E-state index contributed by atoms with van der Waals surface area (Å²) in [5.74, 6) is 0.874. The number of rotatable bonds is 4. The molecule has 0 radical (unpaired) electrons. The van der Waals surface area contributed by atoms with Gasteiger partial charge in [0.25, 0.3) is 5.91 Å². The highest BCUT2D eigenvalue weighted by Gasteiger charge is 2.44. The predicted molar refractivity (Wildman–Crippen MR) is 129 cm³/mol. The van der Waals surface area contributed by atoms with Gasteiger partial charge >= 0.3 is 0 Å². The van der Waals surface area contributed by atoms with Crippen LogP contribution in [0.3, 0.4) is 0 Å². The quantitative estimate of drug-likeness (QED) is 0.453. The Morgan fingerprint density at radius 1 is 1.06 bits per heavy atom. The van der Waals surface area contributed by atoms with Gasteiger partial charge in [-0.1, -0.05) is 30.3 Å². The summed E-state index contributed by atoms with van der Waals surface area (Å²) >= 11 is 0. The maximum absolute atomic E-state index is 13.0. The van der Waals surface area contributed by atoms with Crippen LogP contribution in [0.15, 0.2) is 67.1 Å². The van der Waals surface area contributed by atoms with Crippen molar-refractivity contribution in [3.8, 4) is 0 Å². The van der Waals surface area contributed by atoms with Gasteiger partial charge in [-0.3, -0.25) is 4.79 Å². The molecule has 0 atom stereocenters. The Hall–Kier alpha value is -3.71. The van der Waals surface area contributed by atoms with Crippen LogP contribution in [-0.4, -0.2) is 40.5 Å². The van der Waals surface area contributed by atoms with Crippen LogP contribution in [0.4, 0.5) is 11.5 Å². The number of H-pyrrole nitrogens is 1. The van der Waals surface area contributed by atoms with Crippen LogP contribution in [0, 0.1) is 0 Å². The summed E-state index contributed by atoms with van der Waals surface area (Å²) < 4.78 is 0. The van der Waals surface area contributed by atoms with E-state index in [9.17, 15) is 4.79 Å². The van der Waals surface area contributed by atoms with Gasteiger partial charge in [-0.25, -0.2) is 9.97 Å². The lowest BCUT2D eigenvalue weighted by atomic mass is 9.74. The maximum atomic E-state index is 13.0. The number of amides is 1. The Kier molecular flexibility index (Phi) is 4.84. The number of hydrogen-bond donors (Lipinski definition) is 3. The monoisotopic (exact) mass is 438 g/mol. The molecule has 7 nitrogen and oxygen atoms in total. The number of benzene rings is 2. The average molecular weight is 439 g/mol. The molecule has 0 bridgehead atoms. The summed E-state index contributed by atoms with van der Waals surface area (Å²) in [5, 5.41) is 7.58. The Bertz CT molecular complexity index is 1310. The molecule has 1 spiro atoms. The fraction of sp³-hybridized carbons (Fsp3) is 0.269. The Morgan fingerprint density at radius 2 is 1.91 bits per heavy atom. The number of fused-ring (bicyclic) bond motifs is 3. The topological polar surface area (TPSA) is 85.9 Å². The summed E-state index contributed by atoms with van der Waals surface area (Å²) in [6.07, 6.45) is 5.59. The molecule has 7 heteroatoms. The molecule has 2 aromatic carbocycles. The van der Waals surface area contributed by atoms with Crippen LogP contribution < -0.4 is 15.5 Å². The molecule has 4 heterocycles. The summed E-state index contributed by atoms with van der Waals surface area (Å²) in [7, 11) is 0. The van der Waals surface area contributed by atoms with E-state index in [2.05, 4.69) is 42.6 Å². The second-order valence-corrected chi connectivity index (χ2v) is 8.95. The van der Waals surface area contributed by atoms with E-state index in [1.807, 2.05) is 48.7 Å². The lowest BCUT2D eigenvalue weighted by molar-refractivity contribution is 0.0950. The van der Waals surface area contributed by atoms with Crippen LogP contribution in [0.2, 0.25) is 0 Å². The van der Waals surface area contributed by atoms with E-state index < -0.39 is 0 Å². The fourth-order valence-corrected chi connectivity index (χ4v) is 5.29. The third-order valence-corrected chi connectivity index (χ3v) is 7.03. The molecule has 2 aromatic heterocycles. The molecule has 4 aromatic rings. The molecule has 0 unspecified atom stereocenters. The zero-order valence-electron chi connectivity index (χ0n) is 18.3. The molecule has 1 fully saturated rings. The summed E-state index contributed by atoms with van der Waals surface area (Å²) in [5.41, 5.74) is 5.02. The Balaban J connectivity index is 1.36. The van der Waals surface area contributed by atoms with Crippen LogP contribution in [0.25, 0.3) is 11.0 Å². The number of anilines is 2. The fourth-order valence-electron chi connectivity index (χ4n) is 5.29. The summed E-state index contributed by atoms with van der Waals surface area (Å²) in [4.78, 5) is 27.5. The van der Waals surface area contributed by atoms with Crippen LogP contribution >= 0.6 is 0 Å². The first kappa shape index (κ1) is 19.9. The SMILES string of the molecule is O=C(NCc1ccccc1)c1ccc2c(c1)C1(CCNCC1)CN2c1ncnc2[nH]ccc12. The molecule has 2 aliphatic rings. The molecule has 0 saturated carbocycles. The van der Waals surface area contributed by atoms with Gasteiger partial charge in [-0.2, -0.15) is 0 Å². The first-order valence-corrected chi connectivity index (χ1v) is 11.5. The normalized spacial score (nSPS) is 16.8. The van der Waals surface area contributed by atoms with Crippen LogP contribution in [-0.2, 0) is 12.0 Å². The zero-order chi connectivity index (χ0) is 22.3. The lowest BCUT2D eigenvalue weighted by Gasteiger charge is -2.35. The van der Waals surface area contributed by atoms with Crippen LogP contribution in [0.5, 0.6) is 0 Å². The molecule has 0 aliphatic carbocycles. The van der Waals surface area contributed by atoms with Gasteiger partial charge in [0.1, 0.15) is 17.8 Å². The number of aromatic amines is 1. The molecular weight excluding hydrogens is 412 g/mol. The molecule has 33 heavy (non-hydrogen) atoms. The number of carbonyl (C=O) groups excluding carboxylic acids is 1. The summed E-state index contributed by atoms with van der Waals surface area (Å²) in [6.45, 7) is 3.32. The van der Waals surface area contributed by atoms with Gasteiger partial charge in [0.05, 0.1) is 5.39 Å². The minimum absolute atomic E-state index is 0.00385. The predicted octanol–water partition coefficient (Wildman–Crippen LogP) is 3.66. The second-order valence-electron chi connectivity index (χ2n) is 8.95. The van der Waals surface area contributed by atoms with Crippen molar-refractivity contribution in [3.63, 3.8) is 0 Å². The third-order valence-electron chi connectivity index (χ3n) is 7.03. The number of nitrogens with one attached hydrogen (secondary N) is 3. The Labute approximate surface area is 192 Å². The van der Waals surface area contributed by atoms with E-state index in [0.717, 1.165) is 60.6 Å². The first-order chi connectivity index (χ1) is 16.2. The van der Waals surface area contributed by atoms with Crippen molar-refractivity contribution in [3.05, 3.63) is 83.8 Å². The second kappa shape index (κ2) is 8.01. The van der Waals surface area contributed by atoms with E-state index >= 15 is 0 Å². The van der Waals surface area contributed by atoms with Gasteiger partial charge in [0.15, 0.2) is 0 Å². The highest BCUT2D eigenvalue weighted by atomic mass is 16.1. The summed E-state index contributed by atoms with van der Waals surface area (Å²) in [6, 6.07) is 18.2. The van der Waals surface area contributed by atoms with Gasteiger partial charge in [0.2, 0.25) is 0 Å². The van der Waals surface area contributed by atoms with Gasteiger partial charge in [-0.15, -0.1) is 0 Å². The zero-order valence-corrected chi connectivity index (χ0v) is 18.3. The minimum atomic E-state index is -0.0424. The van der Waals surface area contributed by atoms with E-state index in [4.69, 9.17) is 0 Å². The molecule has 166 valence electrons. The largest absolute Gasteiger partial charge is 0.348 e. The van der Waals surface area contributed by atoms with E-state index in [-0.39, 0.29) is 11.3 Å². The van der Waals surface area contributed by atoms with E-state index in [1.165, 1.54) is 5.56 Å². The third kappa shape index (κ3) is 3.45. The van der Waals surface area contributed by atoms with Crippen molar-refractivity contribution < 1.29 is 4.79 Å². The molecule has 1 saturated heterocycles. The Morgan fingerprint density at radius 3 is 2.76 bits per heavy atom. The highest BCUT2D eigenvalue weighted by molar-refractivity contribution is 5.96. The van der Waals surface area contributed by atoms with Crippen molar-refractivity contribution in [2.75, 3.05) is 24.5 Å². The maximum Gasteiger partial charge on any atom is 0.251 e. The number of piperidine rings is 1. The van der Waals surface area contributed by atoms with Gasteiger partial charge in [0, 0.05) is 36.0 Å². The molecular formula is C26H26N6O. The minimum Gasteiger partial charge on any atom is -0.348 e. The van der Waals surface area contributed by atoms with Gasteiger partial charge < -0.3 is 20.5 Å². The lowest BCUT2D eigenvalue weighted by Crippen LogP contribution is -2.42. The van der Waals surface area contributed by atoms with Crippen molar-refractivity contribution in [1.82, 2.24) is 25.6 Å². The number of nitrogens with zero attached hydrogens (tertiary/aromatic N) is 3. The van der Waals surface area contributed by atoms with Crippen molar-refractivity contribution in [2.45, 2.75) is 24.8 Å². The average Bonchev–Trinajstić information content (AvgIpc) is 3.47. The van der Waals surface area contributed by atoms with Crippen molar-refractivity contribution >= 4 is 28.4 Å². The first-order valence-electron chi connectivity index (χ1n) is 11.5. The molecule has 6 rings (SSSR count). The number of hydrogen-bond acceptors (Lipinski definition) is 5. The van der Waals surface area contributed by atoms with E-state index in [0.29, 0.717) is 12.1 Å². The number of aromatic nitrogens is 3. The van der Waals surface area contributed by atoms with Crippen molar-refractivity contribution in [1.29, 1.82) is 0 Å². The van der Waals surface area contributed by atoms with Crippen molar-refractivity contribution in [2.24, 2.45) is 0 Å². The molecule has 3 N–H and O–H groups in total. The molecule has 1 amide bonds. The highest BCUT2D eigenvalue weighted by Crippen LogP contribution is 2.49. The number of carbonyl (C=O) groups is 1. The standard InChI is InChI=1S/C26H26N6O/c33-25(29-15-18-4-2-1-3-5-18)19-6-7-22-21(14-19)26(9-12-27-13-10-26)16-32(22)24-20-8-11-28-23(20)30-17-31-24/h1-8,11,14,17,27H,9-10,12-13,15-16H2,(H,29,33)(H,28,30,31). The van der Waals surface area contributed by atoms with E-state index in [1.54, 1.807) is 6.33 Å². The smallest absolute Gasteiger partial charge is 0.251 e.